The molecular weight excluding hydrogens is 629 g/mol. The van der Waals surface area contributed by atoms with Crippen LogP contribution in [0.2, 0.25) is 0 Å². The molecule has 2 heteroatoms. The van der Waals surface area contributed by atoms with Crippen LogP contribution in [-0.4, -0.2) is 4.57 Å². The summed E-state index contributed by atoms with van der Waals surface area (Å²) in [6, 6.07) is 59.5. The minimum atomic E-state index is 0.116. The summed E-state index contributed by atoms with van der Waals surface area (Å²) in [5.74, 6) is 3.30. The summed E-state index contributed by atoms with van der Waals surface area (Å²) >= 11 is 0. The molecule has 0 atom stereocenters. The molecule has 5 aliphatic carbocycles. The molecule has 1 heterocycles. The lowest BCUT2D eigenvalue weighted by Gasteiger charge is -2.61. The summed E-state index contributed by atoms with van der Waals surface area (Å²) in [6.45, 7) is 0. The first-order valence-corrected chi connectivity index (χ1v) is 19.4. The minimum Gasteiger partial charge on any atom is -0.310 e. The van der Waals surface area contributed by atoms with Crippen LogP contribution in [0.4, 0.5) is 17.1 Å². The Morgan fingerprint density at radius 1 is 0.462 bits per heavy atom. The number of benzene rings is 7. The third kappa shape index (κ3) is 3.85. The van der Waals surface area contributed by atoms with Crippen LogP contribution in [0.25, 0.3) is 49.4 Å². The lowest BCUT2D eigenvalue weighted by atomic mass is 9.43. The summed E-state index contributed by atoms with van der Waals surface area (Å²) in [7, 11) is 0. The zero-order valence-corrected chi connectivity index (χ0v) is 29.3. The van der Waals surface area contributed by atoms with Gasteiger partial charge in [-0.05, 0) is 132 Å². The average Bonchev–Trinajstić information content (AvgIpc) is 3.68. The van der Waals surface area contributed by atoms with E-state index in [9.17, 15) is 0 Å². The molecule has 4 bridgehead atoms. The molecule has 7 aromatic carbocycles. The monoisotopic (exact) mass is 668 g/mol. The average molecular weight is 669 g/mol. The first-order chi connectivity index (χ1) is 25.8. The topological polar surface area (TPSA) is 8.17 Å². The van der Waals surface area contributed by atoms with Gasteiger partial charge in [-0.1, -0.05) is 109 Å². The number of hydrogen-bond acceptors (Lipinski definition) is 1. The number of hydrogen-bond donors (Lipinski definition) is 0. The molecule has 1 aromatic heterocycles. The van der Waals surface area contributed by atoms with Crippen molar-refractivity contribution in [2.75, 3.05) is 4.90 Å². The fourth-order valence-electron chi connectivity index (χ4n) is 12.1. The molecule has 0 saturated heterocycles. The fourth-order valence-corrected chi connectivity index (χ4v) is 12.1. The number of nitrogens with zero attached hydrogens (tertiary/aromatic N) is 2. The molecule has 0 amide bonds. The first kappa shape index (κ1) is 29.0. The molecule has 4 fully saturated rings. The van der Waals surface area contributed by atoms with Gasteiger partial charge in [-0.25, -0.2) is 0 Å². The molecule has 8 aromatic rings. The van der Waals surface area contributed by atoms with Crippen LogP contribution in [0.5, 0.6) is 0 Å². The SMILES string of the molecule is c1cc(N(c2ccc3c(c2)C2(c4ccccc4-3)C3CC4CC(C3)CC2C4)c2cccc3ccccc23)cc(-n2c3ccccc3c3ccccc32)c1. The third-order valence-corrected chi connectivity index (χ3v) is 13.7. The smallest absolute Gasteiger partial charge is 0.0541 e. The normalized spacial score (nSPS) is 23.8. The van der Waals surface area contributed by atoms with E-state index in [4.69, 9.17) is 0 Å². The molecule has 52 heavy (non-hydrogen) atoms. The highest BCUT2D eigenvalue weighted by Gasteiger charge is 2.61. The van der Waals surface area contributed by atoms with E-state index in [2.05, 4.69) is 167 Å². The second kappa shape index (κ2) is 10.7. The Bertz CT molecular complexity index is 2640. The summed E-state index contributed by atoms with van der Waals surface area (Å²) < 4.78 is 2.44. The van der Waals surface area contributed by atoms with Gasteiger partial charge in [0.25, 0.3) is 0 Å². The van der Waals surface area contributed by atoms with Crippen LogP contribution in [0, 0.1) is 23.7 Å². The summed E-state index contributed by atoms with van der Waals surface area (Å²) in [4.78, 5) is 2.55. The minimum absolute atomic E-state index is 0.116. The van der Waals surface area contributed by atoms with Gasteiger partial charge in [0, 0.05) is 38.6 Å². The van der Waals surface area contributed by atoms with Gasteiger partial charge in [-0.2, -0.15) is 0 Å². The molecule has 1 spiro atoms. The Hall–Kier alpha value is -5.60. The van der Waals surface area contributed by atoms with E-state index in [1.165, 1.54) is 98.6 Å². The van der Waals surface area contributed by atoms with Crippen molar-refractivity contribution < 1.29 is 0 Å². The number of para-hydroxylation sites is 2. The summed E-state index contributed by atoms with van der Waals surface area (Å²) in [5, 5.41) is 5.09. The van der Waals surface area contributed by atoms with E-state index in [1.54, 1.807) is 11.1 Å². The maximum absolute atomic E-state index is 2.63. The van der Waals surface area contributed by atoms with Gasteiger partial charge in [0.2, 0.25) is 0 Å². The zero-order chi connectivity index (χ0) is 34.0. The molecule has 250 valence electrons. The molecule has 0 unspecified atom stereocenters. The highest BCUT2D eigenvalue weighted by molar-refractivity contribution is 6.09. The van der Waals surface area contributed by atoms with E-state index in [-0.39, 0.29) is 5.41 Å². The van der Waals surface area contributed by atoms with Crippen LogP contribution in [0.3, 0.4) is 0 Å². The lowest BCUT2D eigenvalue weighted by molar-refractivity contribution is -0.0399. The molecular formula is C50H40N2. The summed E-state index contributed by atoms with van der Waals surface area (Å²) in [6.07, 6.45) is 7.02. The van der Waals surface area contributed by atoms with Crippen molar-refractivity contribution in [1.82, 2.24) is 4.57 Å². The van der Waals surface area contributed by atoms with Gasteiger partial charge >= 0.3 is 0 Å². The second-order valence-electron chi connectivity index (χ2n) is 16.2. The van der Waals surface area contributed by atoms with Crippen LogP contribution >= 0.6 is 0 Å². The number of aromatic nitrogens is 1. The van der Waals surface area contributed by atoms with Crippen molar-refractivity contribution in [1.29, 1.82) is 0 Å². The van der Waals surface area contributed by atoms with Crippen LogP contribution < -0.4 is 4.90 Å². The van der Waals surface area contributed by atoms with Crippen LogP contribution in [0.1, 0.15) is 43.2 Å². The first-order valence-electron chi connectivity index (χ1n) is 19.4. The number of fused-ring (bicyclic) bond motifs is 7. The fraction of sp³-hybridized carbons (Fsp3) is 0.200. The Morgan fingerprint density at radius 2 is 1.06 bits per heavy atom. The van der Waals surface area contributed by atoms with Crippen molar-refractivity contribution in [3.63, 3.8) is 0 Å². The Kier molecular flexibility index (Phi) is 5.98. The van der Waals surface area contributed by atoms with Crippen molar-refractivity contribution in [3.05, 3.63) is 169 Å². The Balaban J connectivity index is 1.10. The van der Waals surface area contributed by atoms with Gasteiger partial charge in [0.1, 0.15) is 0 Å². The van der Waals surface area contributed by atoms with Gasteiger partial charge in [-0.3, -0.25) is 0 Å². The van der Waals surface area contributed by atoms with Crippen LogP contribution in [-0.2, 0) is 5.41 Å². The predicted octanol–water partition coefficient (Wildman–Crippen LogP) is 13.1. The molecule has 0 N–H and O–H groups in total. The molecule has 5 aliphatic rings. The van der Waals surface area contributed by atoms with Crippen molar-refractivity contribution >= 4 is 49.6 Å². The van der Waals surface area contributed by atoms with Gasteiger partial charge in [0.15, 0.2) is 0 Å². The van der Waals surface area contributed by atoms with E-state index >= 15 is 0 Å². The largest absolute Gasteiger partial charge is 0.310 e. The highest BCUT2D eigenvalue weighted by atomic mass is 15.1. The Morgan fingerprint density at radius 3 is 1.83 bits per heavy atom. The standard InChI is InChI=1S/C50H40N2/c1-2-15-40-34(11-1)12-9-22-47(40)51(37-13-10-14-38(30-37)52-48-20-7-4-17-43(48)44-18-5-8-21-49(44)52)39-23-24-42-41-16-3-6-19-45(41)50(46(42)31-39)35-26-32-25-33(28-35)29-36(50)27-32/h1-24,30-33,35-36H,25-29H2. The van der Waals surface area contributed by atoms with E-state index in [1.807, 2.05) is 0 Å². The van der Waals surface area contributed by atoms with Crippen molar-refractivity contribution in [2.45, 2.75) is 37.5 Å². The predicted molar refractivity (Wildman–Crippen MR) is 216 cm³/mol. The van der Waals surface area contributed by atoms with Crippen molar-refractivity contribution in [3.8, 4) is 16.8 Å². The van der Waals surface area contributed by atoms with E-state index < -0.39 is 0 Å². The maximum atomic E-state index is 2.63. The summed E-state index contributed by atoms with van der Waals surface area (Å²) in [5.41, 5.74) is 13.5. The van der Waals surface area contributed by atoms with Gasteiger partial charge < -0.3 is 9.47 Å². The number of anilines is 3. The second-order valence-corrected chi connectivity index (χ2v) is 16.2. The van der Waals surface area contributed by atoms with Gasteiger partial charge in [0.05, 0.1) is 16.7 Å². The molecule has 13 rings (SSSR count). The molecule has 0 aliphatic heterocycles. The third-order valence-electron chi connectivity index (χ3n) is 13.7. The molecule has 2 nitrogen and oxygen atoms in total. The lowest BCUT2D eigenvalue weighted by Crippen LogP contribution is -2.55. The van der Waals surface area contributed by atoms with E-state index in [0.717, 1.165) is 23.7 Å². The zero-order valence-electron chi connectivity index (χ0n) is 29.3. The van der Waals surface area contributed by atoms with Crippen LogP contribution in [0.15, 0.2) is 158 Å². The Labute approximate surface area is 305 Å². The maximum Gasteiger partial charge on any atom is 0.0541 e. The highest BCUT2D eigenvalue weighted by Crippen LogP contribution is 2.69. The molecule has 4 saturated carbocycles. The van der Waals surface area contributed by atoms with Crippen molar-refractivity contribution in [2.24, 2.45) is 23.7 Å². The van der Waals surface area contributed by atoms with E-state index in [0.29, 0.717) is 0 Å². The number of rotatable bonds is 4. The van der Waals surface area contributed by atoms with Gasteiger partial charge in [-0.15, -0.1) is 0 Å². The quantitative estimate of drug-likeness (QED) is 0.181. The molecule has 0 radical (unpaired) electrons.